The Kier molecular flexibility index (Phi) is 3.73. The number of hydrogen-bond donors (Lipinski definition) is 2. The normalized spacial score (nSPS) is 17.2. The highest BCUT2D eigenvalue weighted by molar-refractivity contribution is 6.32. The number of nitrogens with one attached hydrogen (secondary N) is 1. The Hall–Kier alpha value is -1.66. The largest absolute Gasteiger partial charge is 0.324 e. The number of carbonyl (C=O) groups is 1. The number of benzene rings is 1. The third kappa shape index (κ3) is 2.85. The van der Waals surface area contributed by atoms with E-state index < -0.39 is 10.5 Å². The summed E-state index contributed by atoms with van der Waals surface area (Å²) in [4.78, 5) is 22.2. The van der Waals surface area contributed by atoms with Gasteiger partial charge in [-0.1, -0.05) is 24.4 Å². The van der Waals surface area contributed by atoms with Crippen LogP contribution in [0, 0.1) is 10.1 Å². The number of halogens is 1. The molecule has 1 fully saturated rings. The van der Waals surface area contributed by atoms with Crippen LogP contribution in [-0.2, 0) is 4.79 Å². The van der Waals surface area contributed by atoms with E-state index in [0.717, 1.165) is 12.8 Å². The molecular formula is C12H14ClN3O3. The summed E-state index contributed by atoms with van der Waals surface area (Å²) in [6, 6.07) is 4.14. The van der Waals surface area contributed by atoms with Gasteiger partial charge in [-0.05, 0) is 25.0 Å². The second-order valence-electron chi connectivity index (χ2n) is 4.74. The molecule has 0 unspecified atom stereocenters. The molecule has 1 aromatic carbocycles. The predicted molar refractivity (Wildman–Crippen MR) is 72.1 cm³/mol. The Morgan fingerprint density at radius 1 is 1.42 bits per heavy atom. The maximum Gasteiger partial charge on any atom is 0.289 e. The molecule has 6 nitrogen and oxygen atoms in total. The maximum atomic E-state index is 12.1. The molecule has 0 bridgehead atoms. The zero-order valence-electron chi connectivity index (χ0n) is 10.2. The van der Waals surface area contributed by atoms with Crippen molar-refractivity contribution in [3.05, 3.63) is 33.3 Å². The first-order valence-corrected chi connectivity index (χ1v) is 6.34. The van der Waals surface area contributed by atoms with Crippen LogP contribution in [0.5, 0.6) is 0 Å². The number of carbonyl (C=O) groups excluding carboxylic acids is 1. The van der Waals surface area contributed by atoms with Crippen LogP contribution in [0.2, 0.25) is 5.02 Å². The number of nitro benzene ring substituents is 1. The number of anilines is 1. The van der Waals surface area contributed by atoms with E-state index in [2.05, 4.69) is 5.32 Å². The minimum atomic E-state index is -0.867. The summed E-state index contributed by atoms with van der Waals surface area (Å²) in [6.45, 7) is 0. The zero-order valence-corrected chi connectivity index (χ0v) is 10.9. The summed E-state index contributed by atoms with van der Waals surface area (Å²) in [6.07, 6.45) is 3.11. The van der Waals surface area contributed by atoms with Gasteiger partial charge in [-0.15, -0.1) is 0 Å². The number of nitrogens with two attached hydrogens (primary N) is 1. The van der Waals surface area contributed by atoms with Gasteiger partial charge in [0.15, 0.2) is 0 Å². The second kappa shape index (κ2) is 5.14. The summed E-state index contributed by atoms with van der Waals surface area (Å²) < 4.78 is 0. The molecule has 1 saturated carbocycles. The maximum absolute atomic E-state index is 12.1. The Balaban J connectivity index is 2.17. The lowest BCUT2D eigenvalue weighted by atomic mass is 9.98. The highest BCUT2D eigenvalue weighted by Gasteiger charge is 2.37. The van der Waals surface area contributed by atoms with Crippen LogP contribution in [-0.4, -0.2) is 16.4 Å². The van der Waals surface area contributed by atoms with Crippen LogP contribution in [0.25, 0.3) is 0 Å². The van der Waals surface area contributed by atoms with Gasteiger partial charge >= 0.3 is 0 Å². The van der Waals surface area contributed by atoms with Crippen LogP contribution >= 0.6 is 11.6 Å². The molecule has 19 heavy (non-hydrogen) atoms. The van der Waals surface area contributed by atoms with E-state index >= 15 is 0 Å². The molecule has 7 heteroatoms. The molecular weight excluding hydrogens is 270 g/mol. The number of amides is 1. The minimum Gasteiger partial charge on any atom is -0.324 e. The summed E-state index contributed by atoms with van der Waals surface area (Å²) in [5.74, 6) is -0.304. The van der Waals surface area contributed by atoms with E-state index in [1.807, 2.05) is 0 Å². The highest BCUT2D eigenvalue weighted by Crippen LogP contribution is 2.30. The van der Waals surface area contributed by atoms with E-state index in [1.54, 1.807) is 0 Å². The molecule has 0 aromatic heterocycles. The number of hydrogen-bond acceptors (Lipinski definition) is 4. The summed E-state index contributed by atoms with van der Waals surface area (Å²) >= 11 is 5.70. The highest BCUT2D eigenvalue weighted by atomic mass is 35.5. The topological polar surface area (TPSA) is 98.3 Å². The quantitative estimate of drug-likeness (QED) is 0.657. The van der Waals surface area contributed by atoms with E-state index in [0.29, 0.717) is 18.5 Å². The van der Waals surface area contributed by atoms with Crippen molar-refractivity contribution in [2.75, 3.05) is 5.32 Å². The van der Waals surface area contributed by atoms with Crippen molar-refractivity contribution in [2.45, 2.75) is 31.2 Å². The van der Waals surface area contributed by atoms with Crippen LogP contribution in [0.1, 0.15) is 25.7 Å². The molecule has 2 rings (SSSR count). The van der Waals surface area contributed by atoms with Gasteiger partial charge in [0.05, 0.1) is 10.5 Å². The fourth-order valence-electron chi connectivity index (χ4n) is 2.22. The van der Waals surface area contributed by atoms with Crippen molar-refractivity contribution in [1.29, 1.82) is 0 Å². The fourth-order valence-corrected chi connectivity index (χ4v) is 2.41. The van der Waals surface area contributed by atoms with Crippen molar-refractivity contribution in [3.63, 3.8) is 0 Å². The molecule has 0 aliphatic heterocycles. The van der Waals surface area contributed by atoms with Crippen LogP contribution in [0.15, 0.2) is 18.2 Å². The van der Waals surface area contributed by atoms with Gasteiger partial charge in [0.25, 0.3) is 5.69 Å². The lowest BCUT2D eigenvalue weighted by Crippen LogP contribution is -2.48. The molecule has 1 aromatic rings. The van der Waals surface area contributed by atoms with Crippen LogP contribution in [0.3, 0.4) is 0 Å². The van der Waals surface area contributed by atoms with E-state index in [4.69, 9.17) is 17.3 Å². The summed E-state index contributed by atoms with van der Waals surface area (Å²) in [5.41, 5.74) is 5.23. The van der Waals surface area contributed by atoms with E-state index in [9.17, 15) is 14.9 Å². The molecule has 1 aliphatic carbocycles. The number of nitro groups is 1. The van der Waals surface area contributed by atoms with E-state index in [1.165, 1.54) is 18.2 Å². The average Bonchev–Trinajstić information content (AvgIpc) is 2.79. The first-order chi connectivity index (χ1) is 8.92. The molecule has 1 amide bonds. The Labute approximate surface area is 115 Å². The van der Waals surface area contributed by atoms with Gasteiger partial charge in [-0.2, -0.15) is 0 Å². The van der Waals surface area contributed by atoms with Crippen LogP contribution < -0.4 is 11.1 Å². The van der Waals surface area contributed by atoms with Gasteiger partial charge in [-0.25, -0.2) is 0 Å². The lowest BCUT2D eigenvalue weighted by Gasteiger charge is -2.22. The fraction of sp³-hybridized carbons (Fsp3) is 0.417. The SMILES string of the molecule is NC1(C(=O)Nc2ccc(Cl)c([N+](=O)[O-])c2)CCCC1. The third-order valence-electron chi connectivity index (χ3n) is 3.35. The number of nitrogens with zero attached hydrogens (tertiary/aromatic N) is 1. The van der Waals surface area contributed by atoms with Crippen molar-refractivity contribution < 1.29 is 9.72 Å². The van der Waals surface area contributed by atoms with E-state index in [-0.39, 0.29) is 16.6 Å². The second-order valence-corrected chi connectivity index (χ2v) is 5.15. The number of rotatable bonds is 3. The van der Waals surface area contributed by atoms with Gasteiger partial charge in [0.1, 0.15) is 5.02 Å². The molecule has 0 spiro atoms. The lowest BCUT2D eigenvalue weighted by molar-refractivity contribution is -0.384. The Morgan fingerprint density at radius 2 is 2.05 bits per heavy atom. The summed E-state index contributed by atoms with van der Waals surface area (Å²) in [7, 11) is 0. The molecule has 0 radical (unpaired) electrons. The smallest absolute Gasteiger partial charge is 0.289 e. The monoisotopic (exact) mass is 283 g/mol. The van der Waals surface area contributed by atoms with Crippen molar-refractivity contribution in [3.8, 4) is 0 Å². The Morgan fingerprint density at radius 3 is 2.63 bits per heavy atom. The predicted octanol–water partition coefficient (Wildman–Crippen LogP) is 2.46. The van der Waals surface area contributed by atoms with Gasteiger partial charge in [-0.3, -0.25) is 14.9 Å². The summed E-state index contributed by atoms with van der Waals surface area (Å²) in [5, 5.41) is 13.4. The molecule has 1 aliphatic rings. The molecule has 0 atom stereocenters. The van der Waals surface area contributed by atoms with Gasteiger partial charge in [0.2, 0.25) is 5.91 Å². The molecule has 102 valence electrons. The van der Waals surface area contributed by atoms with Crippen molar-refractivity contribution >= 4 is 28.9 Å². The molecule has 0 saturated heterocycles. The van der Waals surface area contributed by atoms with Crippen LogP contribution in [0.4, 0.5) is 11.4 Å². The molecule has 0 heterocycles. The van der Waals surface area contributed by atoms with Gasteiger partial charge < -0.3 is 11.1 Å². The van der Waals surface area contributed by atoms with Gasteiger partial charge in [0, 0.05) is 11.8 Å². The Bertz CT molecular complexity index is 527. The van der Waals surface area contributed by atoms with Crippen molar-refractivity contribution in [1.82, 2.24) is 0 Å². The molecule has 3 N–H and O–H groups in total. The average molecular weight is 284 g/mol. The zero-order chi connectivity index (χ0) is 14.0. The third-order valence-corrected chi connectivity index (χ3v) is 3.67. The standard InChI is InChI=1S/C12H14ClN3O3/c13-9-4-3-8(7-10(9)16(18)19)15-11(17)12(14)5-1-2-6-12/h3-4,7H,1-2,5-6,14H2,(H,15,17). The minimum absolute atomic E-state index is 0.0336. The first kappa shape index (κ1) is 13.8. The first-order valence-electron chi connectivity index (χ1n) is 5.97. The van der Waals surface area contributed by atoms with Crippen molar-refractivity contribution in [2.24, 2.45) is 5.73 Å².